The first-order valence-corrected chi connectivity index (χ1v) is 6.53. The predicted octanol–water partition coefficient (Wildman–Crippen LogP) is 1.60. The lowest BCUT2D eigenvalue weighted by molar-refractivity contribution is -0.108. The summed E-state index contributed by atoms with van der Waals surface area (Å²) in [4.78, 5) is 10.4. The number of rotatable bonds is 5. The minimum atomic E-state index is -3.57. The number of aldehydes is 1. The molecule has 1 N–H and O–H groups in total. The van der Waals surface area contributed by atoms with E-state index in [4.69, 9.17) is 11.6 Å². The van der Waals surface area contributed by atoms with Crippen LogP contribution in [0.1, 0.15) is 13.3 Å². The molecule has 0 heterocycles. The number of carbonyl (C=O) groups is 1. The maximum Gasteiger partial charge on any atom is 0.240 e. The molecule has 16 heavy (non-hydrogen) atoms. The molecule has 0 aliphatic heterocycles. The fraction of sp³-hybridized carbons (Fsp3) is 0.300. The molecule has 1 aromatic carbocycles. The third kappa shape index (κ3) is 3.59. The van der Waals surface area contributed by atoms with E-state index >= 15 is 0 Å². The lowest BCUT2D eigenvalue weighted by atomic mass is 10.3. The molecule has 1 atom stereocenters. The van der Waals surface area contributed by atoms with Crippen LogP contribution in [-0.4, -0.2) is 20.7 Å². The van der Waals surface area contributed by atoms with Crippen LogP contribution in [0.3, 0.4) is 0 Å². The zero-order valence-corrected chi connectivity index (χ0v) is 10.3. The second kappa shape index (κ2) is 5.43. The van der Waals surface area contributed by atoms with Gasteiger partial charge in [0.2, 0.25) is 10.0 Å². The SMILES string of the molecule is CC(CC=O)NS(=O)(=O)c1ccc(Cl)cc1. The highest BCUT2D eigenvalue weighted by Crippen LogP contribution is 2.14. The van der Waals surface area contributed by atoms with Gasteiger partial charge in [-0.1, -0.05) is 11.6 Å². The molecule has 0 saturated carbocycles. The van der Waals surface area contributed by atoms with Crippen molar-refractivity contribution < 1.29 is 13.2 Å². The first-order chi connectivity index (χ1) is 7.45. The van der Waals surface area contributed by atoms with Crippen molar-refractivity contribution in [2.45, 2.75) is 24.3 Å². The van der Waals surface area contributed by atoms with E-state index in [-0.39, 0.29) is 11.3 Å². The molecular weight excluding hydrogens is 250 g/mol. The molecule has 0 aliphatic rings. The van der Waals surface area contributed by atoms with Gasteiger partial charge in [-0.2, -0.15) is 0 Å². The van der Waals surface area contributed by atoms with Crippen LogP contribution in [0.4, 0.5) is 0 Å². The summed E-state index contributed by atoms with van der Waals surface area (Å²) >= 11 is 5.66. The van der Waals surface area contributed by atoms with Crippen LogP contribution in [0.25, 0.3) is 0 Å². The van der Waals surface area contributed by atoms with Gasteiger partial charge in [0.25, 0.3) is 0 Å². The molecule has 0 amide bonds. The zero-order valence-electron chi connectivity index (χ0n) is 8.68. The van der Waals surface area contributed by atoms with Gasteiger partial charge in [-0.05, 0) is 31.2 Å². The largest absolute Gasteiger partial charge is 0.303 e. The quantitative estimate of drug-likeness (QED) is 0.819. The van der Waals surface area contributed by atoms with Crippen LogP contribution in [0.5, 0.6) is 0 Å². The molecule has 1 rings (SSSR count). The summed E-state index contributed by atoms with van der Waals surface area (Å²) < 4.78 is 25.9. The summed E-state index contributed by atoms with van der Waals surface area (Å²) in [7, 11) is -3.57. The van der Waals surface area contributed by atoms with E-state index in [9.17, 15) is 13.2 Å². The fourth-order valence-electron chi connectivity index (χ4n) is 1.14. The Morgan fingerprint density at radius 2 is 1.94 bits per heavy atom. The summed E-state index contributed by atoms with van der Waals surface area (Å²) in [6.07, 6.45) is 0.821. The van der Waals surface area contributed by atoms with Crippen LogP contribution >= 0.6 is 11.6 Å². The summed E-state index contributed by atoms with van der Waals surface area (Å²) in [5.74, 6) is 0. The Morgan fingerprint density at radius 3 is 2.44 bits per heavy atom. The van der Waals surface area contributed by atoms with Crippen molar-refractivity contribution in [3.8, 4) is 0 Å². The van der Waals surface area contributed by atoms with Gasteiger partial charge in [-0.15, -0.1) is 0 Å². The van der Waals surface area contributed by atoms with E-state index in [0.717, 1.165) is 0 Å². The molecule has 1 unspecified atom stereocenters. The zero-order chi connectivity index (χ0) is 12.2. The fourth-order valence-corrected chi connectivity index (χ4v) is 2.52. The highest BCUT2D eigenvalue weighted by molar-refractivity contribution is 7.89. The van der Waals surface area contributed by atoms with Gasteiger partial charge in [0, 0.05) is 17.5 Å². The monoisotopic (exact) mass is 261 g/mol. The van der Waals surface area contributed by atoms with Gasteiger partial charge < -0.3 is 4.79 Å². The van der Waals surface area contributed by atoms with Crippen LogP contribution in [0.2, 0.25) is 5.02 Å². The van der Waals surface area contributed by atoms with Crippen LogP contribution < -0.4 is 4.72 Å². The van der Waals surface area contributed by atoms with Crippen molar-refractivity contribution in [2.75, 3.05) is 0 Å². The van der Waals surface area contributed by atoms with Gasteiger partial charge in [-0.25, -0.2) is 13.1 Å². The number of benzene rings is 1. The third-order valence-corrected chi connectivity index (χ3v) is 3.79. The number of sulfonamides is 1. The highest BCUT2D eigenvalue weighted by Gasteiger charge is 2.16. The van der Waals surface area contributed by atoms with Crippen molar-refractivity contribution >= 4 is 27.9 Å². The molecule has 0 bridgehead atoms. The molecule has 0 spiro atoms. The van der Waals surface area contributed by atoms with E-state index in [0.29, 0.717) is 11.3 Å². The Labute approximate surface area is 99.7 Å². The van der Waals surface area contributed by atoms with Gasteiger partial charge in [0.05, 0.1) is 4.90 Å². The van der Waals surface area contributed by atoms with Crippen LogP contribution in [0, 0.1) is 0 Å². The Morgan fingerprint density at radius 1 is 1.38 bits per heavy atom. The number of nitrogens with one attached hydrogen (secondary N) is 1. The smallest absolute Gasteiger partial charge is 0.240 e. The lowest BCUT2D eigenvalue weighted by Gasteiger charge is -2.11. The number of hydrogen-bond acceptors (Lipinski definition) is 3. The van der Waals surface area contributed by atoms with E-state index in [2.05, 4.69) is 4.72 Å². The predicted molar refractivity (Wildman–Crippen MR) is 61.9 cm³/mol. The normalized spacial score (nSPS) is 13.4. The summed E-state index contributed by atoms with van der Waals surface area (Å²) in [6.45, 7) is 1.63. The standard InChI is InChI=1S/C10H12ClNO3S/c1-8(6-7-13)12-16(14,15)10-4-2-9(11)3-5-10/h2-5,7-8,12H,6H2,1H3. The van der Waals surface area contributed by atoms with E-state index in [1.54, 1.807) is 6.92 Å². The first-order valence-electron chi connectivity index (χ1n) is 4.67. The molecule has 6 heteroatoms. The maximum atomic E-state index is 11.8. The Kier molecular flexibility index (Phi) is 4.46. The van der Waals surface area contributed by atoms with Crippen molar-refractivity contribution in [3.05, 3.63) is 29.3 Å². The van der Waals surface area contributed by atoms with Gasteiger partial charge in [0.1, 0.15) is 6.29 Å². The molecule has 0 aromatic heterocycles. The van der Waals surface area contributed by atoms with Gasteiger partial charge in [-0.3, -0.25) is 0 Å². The van der Waals surface area contributed by atoms with Crippen molar-refractivity contribution in [2.24, 2.45) is 0 Å². The minimum Gasteiger partial charge on any atom is -0.303 e. The van der Waals surface area contributed by atoms with E-state index < -0.39 is 16.1 Å². The Balaban J connectivity index is 2.85. The maximum absolute atomic E-state index is 11.8. The molecular formula is C10H12ClNO3S. The summed E-state index contributed by atoms with van der Waals surface area (Å²) in [5, 5.41) is 0.472. The van der Waals surface area contributed by atoms with Crippen molar-refractivity contribution in [3.63, 3.8) is 0 Å². The molecule has 0 fully saturated rings. The number of carbonyl (C=O) groups excluding carboxylic acids is 1. The van der Waals surface area contributed by atoms with Crippen molar-refractivity contribution in [1.29, 1.82) is 0 Å². The summed E-state index contributed by atoms with van der Waals surface area (Å²) in [6, 6.07) is 5.41. The topological polar surface area (TPSA) is 63.2 Å². The molecule has 0 saturated heterocycles. The minimum absolute atomic E-state index is 0.134. The lowest BCUT2D eigenvalue weighted by Crippen LogP contribution is -2.32. The average molecular weight is 262 g/mol. The molecule has 1 aromatic rings. The van der Waals surface area contributed by atoms with Crippen LogP contribution in [-0.2, 0) is 14.8 Å². The van der Waals surface area contributed by atoms with E-state index in [1.165, 1.54) is 24.3 Å². The first kappa shape index (κ1) is 13.2. The molecule has 0 radical (unpaired) electrons. The number of hydrogen-bond donors (Lipinski definition) is 1. The molecule has 88 valence electrons. The van der Waals surface area contributed by atoms with Gasteiger partial charge >= 0.3 is 0 Å². The number of halogens is 1. The molecule has 0 aliphatic carbocycles. The van der Waals surface area contributed by atoms with Crippen LogP contribution in [0.15, 0.2) is 29.2 Å². The highest BCUT2D eigenvalue weighted by atomic mass is 35.5. The van der Waals surface area contributed by atoms with E-state index in [1.807, 2.05) is 0 Å². The second-order valence-electron chi connectivity index (χ2n) is 3.38. The Hall–Kier alpha value is -0.910. The molecule has 4 nitrogen and oxygen atoms in total. The Bertz CT molecular complexity index is 455. The van der Waals surface area contributed by atoms with Crippen molar-refractivity contribution in [1.82, 2.24) is 4.72 Å². The summed E-state index contributed by atoms with van der Waals surface area (Å²) in [5.41, 5.74) is 0. The third-order valence-electron chi connectivity index (χ3n) is 1.93. The average Bonchev–Trinajstić information content (AvgIpc) is 2.17. The second-order valence-corrected chi connectivity index (χ2v) is 5.53. The van der Waals surface area contributed by atoms with Gasteiger partial charge in [0.15, 0.2) is 0 Å².